The zero-order chi connectivity index (χ0) is 12.3. The van der Waals surface area contributed by atoms with Crippen LogP contribution in [0.1, 0.15) is 19.4 Å². The third-order valence-corrected chi connectivity index (χ3v) is 2.80. The smallest absolute Gasteiger partial charge is 0.146 e. The number of halogens is 1. The number of hydrogen-bond donors (Lipinski definition) is 0. The Kier molecular flexibility index (Phi) is 3.66. The Labute approximate surface area is 101 Å². The molecule has 0 spiro atoms. The van der Waals surface area contributed by atoms with Crippen molar-refractivity contribution in [2.45, 2.75) is 19.3 Å². The van der Waals surface area contributed by atoms with Crippen LogP contribution in [0.4, 0.5) is 0 Å². The van der Waals surface area contributed by atoms with Crippen LogP contribution in [-0.2, 0) is 5.41 Å². The maximum atomic E-state index is 9.10. The second kappa shape index (κ2) is 4.63. The predicted octanol–water partition coefficient (Wildman–Crippen LogP) is 3.16. The molecule has 16 heavy (non-hydrogen) atoms. The molecule has 3 nitrogen and oxygen atoms in total. The molecule has 1 rings (SSSR count). The predicted molar refractivity (Wildman–Crippen MR) is 63.2 cm³/mol. The second-order valence-electron chi connectivity index (χ2n) is 3.90. The molecule has 0 aromatic heterocycles. The van der Waals surface area contributed by atoms with Crippen molar-refractivity contribution < 1.29 is 9.47 Å². The van der Waals surface area contributed by atoms with Crippen LogP contribution in [0.5, 0.6) is 11.5 Å². The van der Waals surface area contributed by atoms with Crippen LogP contribution in [0.25, 0.3) is 0 Å². The Morgan fingerprint density at radius 2 is 1.88 bits per heavy atom. The molecule has 0 N–H and O–H groups in total. The Morgan fingerprint density at radius 3 is 2.31 bits per heavy atom. The molecule has 1 aromatic carbocycles. The van der Waals surface area contributed by atoms with E-state index in [0.29, 0.717) is 16.5 Å². The first kappa shape index (κ1) is 12.7. The summed E-state index contributed by atoms with van der Waals surface area (Å²) in [4.78, 5) is 0. The first-order valence-electron chi connectivity index (χ1n) is 4.80. The van der Waals surface area contributed by atoms with Crippen LogP contribution in [0.2, 0.25) is 5.02 Å². The molecule has 0 heterocycles. The minimum atomic E-state index is -0.652. The molecule has 0 amide bonds. The van der Waals surface area contributed by atoms with Crippen LogP contribution in [0, 0.1) is 11.3 Å². The van der Waals surface area contributed by atoms with E-state index in [1.807, 2.05) is 13.8 Å². The lowest BCUT2D eigenvalue weighted by molar-refractivity contribution is 0.387. The highest BCUT2D eigenvalue weighted by Gasteiger charge is 2.26. The molecular weight excluding hydrogens is 226 g/mol. The minimum absolute atomic E-state index is 0.394. The van der Waals surface area contributed by atoms with Gasteiger partial charge in [0.25, 0.3) is 0 Å². The van der Waals surface area contributed by atoms with Gasteiger partial charge in [-0.2, -0.15) is 5.26 Å². The average Bonchev–Trinajstić information content (AvgIpc) is 2.28. The molecular formula is C12H14ClNO2. The zero-order valence-corrected chi connectivity index (χ0v) is 10.6. The van der Waals surface area contributed by atoms with Gasteiger partial charge in [-0.05, 0) is 26.0 Å². The van der Waals surface area contributed by atoms with E-state index in [0.717, 1.165) is 5.56 Å². The summed E-state index contributed by atoms with van der Waals surface area (Å²) in [5, 5.41) is 9.50. The van der Waals surface area contributed by atoms with Gasteiger partial charge in [-0.25, -0.2) is 0 Å². The highest BCUT2D eigenvalue weighted by Crippen LogP contribution is 2.41. The molecule has 86 valence electrons. The van der Waals surface area contributed by atoms with E-state index >= 15 is 0 Å². The van der Waals surface area contributed by atoms with Crippen LogP contribution in [0.15, 0.2) is 12.1 Å². The standard InChI is InChI=1S/C12H14ClNO2/c1-12(2,7-14)8-5-6-9(15-3)10(13)11(8)16-4/h5-6H,1-4H3. The molecule has 0 radical (unpaired) electrons. The zero-order valence-electron chi connectivity index (χ0n) is 9.80. The molecule has 0 aliphatic rings. The van der Waals surface area contributed by atoms with E-state index in [4.69, 9.17) is 26.3 Å². The summed E-state index contributed by atoms with van der Waals surface area (Å²) < 4.78 is 10.3. The maximum absolute atomic E-state index is 9.10. The summed E-state index contributed by atoms with van der Waals surface area (Å²) in [6.45, 7) is 3.63. The van der Waals surface area contributed by atoms with Crippen LogP contribution in [0.3, 0.4) is 0 Å². The highest BCUT2D eigenvalue weighted by atomic mass is 35.5. The Bertz CT molecular complexity index is 435. The fourth-order valence-electron chi connectivity index (χ4n) is 1.45. The molecule has 0 saturated carbocycles. The minimum Gasteiger partial charge on any atom is -0.495 e. The summed E-state index contributed by atoms with van der Waals surface area (Å²) >= 11 is 6.12. The van der Waals surface area contributed by atoms with E-state index in [-0.39, 0.29) is 0 Å². The van der Waals surface area contributed by atoms with Gasteiger partial charge in [0.1, 0.15) is 16.5 Å². The topological polar surface area (TPSA) is 42.2 Å². The van der Waals surface area contributed by atoms with Crippen LogP contribution >= 0.6 is 11.6 Å². The summed E-state index contributed by atoms with van der Waals surface area (Å²) in [5.41, 5.74) is 0.102. The van der Waals surface area contributed by atoms with Crippen molar-refractivity contribution in [3.8, 4) is 17.6 Å². The van der Waals surface area contributed by atoms with Gasteiger partial charge in [-0.1, -0.05) is 11.6 Å². The Hall–Kier alpha value is -1.40. The normalized spacial score (nSPS) is 10.8. The van der Waals surface area contributed by atoms with Crippen molar-refractivity contribution in [3.05, 3.63) is 22.7 Å². The van der Waals surface area contributed by atoms with Gasteiger partial charge in [0.15, 0.2) is 0 Å². The van der Waals surface area contributed by atoms with Crippen molar-refractivity contribution in [1.82, 2.24) is 0 Å². The van der Waals surface area contributed by atoms with Gasteiger partial charge in [-0.15, -0.1) is 0 Å². The van der Waals surface area contributed by atoms with Gasteiger partial charge in [0, 0.05) is 5.56 Å². The molecule has 0 saturated heterocycles. The Balaban J connectivity index is 3.44. The lowest BCUT2D eigenvalue weighted by atomic mass is 9.85. The monoisotopic (exact) mass is 239 g/mol. The third-order valence-electron chi connectivity index (χ3n) is 2.44. The number of ether oxygens (including phenoxy) is 2. The second-order valence-corrected chi connectivity index (χ2v) is 4.28. The van der Waals surface area contributed by atoms with Gasteiger partial charge in [0.05, 0.1) is 25.7 Å². The molecule has 1 aromatic rings. The third kappa shape index (κ3) is 2.07. The molecule has 4 heteroatoms. The SMILES string of the molecule is COc1ccc(C(C)(C)C#N)c(OC)c1Cl. The van der Waals surface area contributed by atoms with Gasteiger partial charge in [-0.3, -0.25) is 0 Å². The van der Waals surface area contributed by atoms with Crippen molar-refractivity contribution in [2.75, 3.05) is 14.2 Å². The van der Waals surface area contributed by atoms with E-state index in [1.54, 1.807) is 12.1 Å². The fourth-order valence-corrected chi connectivity index (χ4v) is 1.77. The largest absolute Gasteiger partial charge is 0.495 e. The van der Waals surface area contributed by atoms with E-state index in [2.05, 4.69) is 6.07 Å². The molecule has 0 fully saturated rings. The van der Waals surface area contributed by atoms with Crippen molar-refractivity contribution in [2.24, 2.45) is 0 Å². The quantitative estimate of drug-likeness (QED) is 0.814. The molecule has 0 aliphatic heterocycles. The summed E-state index contributed by atoms with van der Waals surface area (Å²) in [6, 6.07) is 5.75. The molecule has 0 aliphatic carbocycles. The van der Waals surface area contributed by atoms with E-state index in [1.165, 1.54) is 14.2 Å². The van der Waals surface area contributed by atoms with Crippen LogP contribution < -0.4 is 9.47 Å². The van der Waals surface area contributed by atoms with E-state index < -0.39 is 5.41 Å². The van der Waals surface area contributed by atoms with E-state index in [9.17, 15) is 0 Å². The van der Waals surface area contributed by atoms with Crippen LogP contribution in [-0.4, -0.2) is 14.2 Å². The summed E-state index contributed by atoms with van der Waals surface area (Å²) in [5.74, 6) is 1.03. The number of methoxy groups -OCH3 is 2. The lowest BCUT2D eigenvalue weighted by Gasteiger charge is -2.21. The number of nitriles is 1. The van der Waals surface area contributed by atoms with Crippen molar-refractivity contribution >= 4 is 11.6 Å². The van der Waals surface area contributed by atoms with Crippen molar-refractivity contribution in [3.63, 3.8) is 0 Å². The van der Waals surface area contributed by atoms with Gasteiger partial charge in [0.2, 0.25) is 0 Å². The van der Waals surface area contributed by atoms with Gasteiger partial charge < -0.3 is 9.47 Å². The number of hydrogen-bond acceptors (Lipinski definition) is 3. The number of rotatable bonds is 3. The summed E-state index contributed by atoms with van der Waals surface area (Å²) in [6.07, 6.45) is 0. The first-order valence-corrected chi connectivity index (χ1v) is 5.18. The Morgan fingerprint density at radius 1 is 1.25 bits per heavy atom. The number of benzene rings is 1. The molecule has 0 bridgehead atoms. The highest BCUT2D eigenvalue weighted by molar-refractivity contribution is 6.33. The average molecular weight is 240 g/mol. The fraction of sp³-hybridized carbons (Fsp3) is 0.417. The maximum Gasteiger partial charge on any atom is 0.146 e. The first-order chi connectivity index (χ1) is 7.47. The van der Waals surface area contributed by atoms with Crippen molar-refractivity contribution in [1.29, 1.82) is 5.26 Å². The number of nitrogens with zero attached hydrogens (tertiary/aromatic N) is 1. The molecule has 0 unspecified atom stereocenters. The summed E-state index contributed by atoms with van der Waals surface area (Å²) in [7, 11) is 3.06. The van der Waals surface area contributed by atoms with Gasteiger partial charge >= 0.3 is 0 Å². The molecule has 0 atom stereocenters. The lowest BCUT2D eigenvalue weighted by Crippen LogP contribution is -2.15.